The third-order valence-electron chi connectivity index (χ3n) is 2.38. The number of pyridine rings is 1. The van der Waals surface area contributed by atoms with Crippen molar-refractivity contribution in [3.8, 4) is 0 Å². The van der Waals surface area contributed by atoms with E-state index in [9.17, 15) is 8.42 Å². The van der Waals surface area contributed by atoms with E-state index in [4.69, 9.17) is 34.7 Å². The summed E-state index contributed by atoms with van der Waals surface area (Å²) < 4.78 is 24.9. The zero-order chi connectivity index (χ0) is 14.2. The normalized spacial score (nSPS) is 11.5. The van der Waals surface area contributed by atoms with Crippen molar-refractivity contribution in [2.75, 3.05) is 11.5 Å². The first-order valence-electron chi connectivity index (χ1n) is 5.04. The molecule has 0 radical (unpaired) electrons. The Kier molecular flexibility index (Phi) is 3.58. The van der Waals surface area contributed by atoms with Gasteiger partial charge in [0.1, 0.15) is 16.5 Å². The number of halogens is 2. The van der Waals surface area contributed by atoms with E-state index in [1.807, 2.05) is 0 Å². The molecule has 100 valence electrons. The molecular weight excluding hydrogens is 309 g/mol. The second kappa shape index (κ2) is 4.88. The van der Waals surface area contributed by atoms with Gasteiger partial charge in [0.15, 0.2) is 0 Å². The topological polar surface area (TPSA) is 99.1 Å². The van der Waals surface area contributed by atoms with Gasteiger partial charge in [0.05, 0.1) is 9.92 Å². The molecule has 5 nitrogen and oxygen atoms in total. The van der Waals surface area contributed by atoms with Crippen LogP contribution in [-0.4, -0.2) is 13.4 Å². The average Bonchev–Trinajstić information content (AvgIpc) is 2.31. The Morgan fingerprint density at radius 2 is 1.68 bits per heavy atom. The van der Waals surface area contributed by atoms with E-state index in [0.717, 1.165) is 0 Å². The van der Waals surface area contributed by atoms with Gasteiger partial charge in [0.2, 0.25) is 9.84 Å². The molecule has 2 rings (SSSR count). The van der Waals surface area contributed by atoms with Gasteiger partial charge < -0.3 is 11.5 Å². The molecule has 1 aromatic heterocycles. The SMILES string of the molecule is Nc1ccc(S(=O)(=O)c2cc(Cl)ccc2Cl)c(N)n1. The fraction of sp³-hybridized carbons (Fsp3) is 0. The van der Waals surface area contributed by atoms with Crippen LogP contribution in [0.25, 0.3) is 0 Å². The zero-order valence-electron chi connectivity index (χ0n) is 9.47. The highest BCUT2D eigenvalue weighted by Gasteiger charge is 2.24. The van der Waals surface area contributed by atoms with Gasteiger partial charge in [-0.1, -0.05) is 23.2 Å². The summed E-state index contributed by atoms with van der Waals surface area (Å²) in [4.78, 5) is 3.43. The van der Waals surface area contributed by atoms with Crippen LogP contribution in [0.15, 0.2) is 40.1 Å². The number of hydrogen-bond acceptors (Lipinski definition) is 5. The predicted octanol–water partition coefficient (Wildman–Crippen LogP) is 2.39. The monoisotopic (exact) mass is 317 g/mol. The Hall–Kier alpha value is -1.50. The summed E-state index contributed by atoms with van der Waals surface area (Å²) in [6, 6.07) is 6.78. The molecule has 0 aliphatic rings. The van der Waals surface area contributed by atoms with Crippen LogP contribution >= 0.6 is 23.2 Å². The zero-order valence-corrected chi connectivity index (χ0v) is 11.8. The van der Waals surface area contributed by atoms with Crippen LogP contribution in [0.3, 0.4) is 0 Å². The van der Waals surface area contributed by atoms with Gasteiger partial charge in [-0.05, 0) is 30.3 Å². The summed E-state index contributed by atoms with van der Waals surface area (Å²) >= 11 is 11.7. The van der Waals surface area contributed by atoms with Crippen LogP contribution < -0.4 is 11.5 Å². The summed E-state index contributed by atoms with van der Waals surface area (Å²) in [5.74, 6) is -0.0512. The quantitative estimate of drug-likeness (QED) is 0.885. The predicted molar refractivity (Wildman–Crippen MR) is 75.0 cm³/mol. The first kappa shape index (κ1) is 13.9. The molecule has 0 unspecified atom stereocenters. The number of aromatic nitrogens is 1. The smallest absolute Gasteiger partial charge is 0.211 e. The van der Waals surface area contributed by atoms with Crippen LogP contribution in [0.5, 0.6) is 0 Å². The largest absolute Gasteiger partial charge is 0.384 e. The van der Waals surface area contributed by atoms with E-state index in [0.29, 0.717) is 0 Å². The molecule has 8 heteroatoms. The number of rotatable bonds is 2. The molecule has 1 aromatic carbocycles. The minimum absolute atomic E-state index is 0.0561. The molecule has 1 heterocycles. The van der Waals surface area contributed by atoms with E-state index in [1.165, 1.54) is 30.3 Å². The molecule has 0 saturated carbocycles. The fourth-order valence-corrected chi connectivity index (χ4v) is 3.58. The number of hydrogen-bond donors (Lipinski definition) is 2. The fourth-order valence-electron chi connectivity index (χ4n) is 1.51. The van der Waals surface area contributed by atoms with Gasteiger partial charge in [-0.15, -0.1) is 0 Å². The molecule has 0 aliphatic heterocycles. The van der Waals surface area contributed by atoms with Gasteiger partial charge >= 0.3 is 0 Å². The van der Waals surface area contributed by atoms with E-state index in [1.54, 1.807) is 0 Å². The summed E-state index contributed by atoms with van der Waals surface area (Å²) in [6.45, 7) is 0. The van der Waals surface area contributed by atoms with E-state index in [-0.39, 0.29) is 31.5 Å². The van der Waals surface area contributed by atoms with Gasteiger partial charge in [-0.2, -0.15) is 0 Å². The van der Waals surface area contributed by atoms with Gasteiger partial charge in [-0.3, -0.25) is 0 Å². The molecule has 0 aliphatic carbocycles. The summed E-state index contributed by atoms with van der Waals surface area (Å²) in [5.41, 5.74) is 11.0. The summed E-state index contributed by atoms with van der Waals surface area (Å²) in [7, 11) is -3.90. The lowest BCUT2D eigenvalue weighted by Crippen LogP contribution is -2.08. The van der Waals surface area contributed by atoms with Crippen molar-refractivity contribution in [3.05, 3.63) is 40.4 Å². The van der Waals surface area contributed by atoms with Crippen molar-refractivity contribution in [2.45, 2.75) is 9.79 Å². The van der Waals surface area contributed by atoms with Crippen LogP contribution in [0.1, 0.15) is 0 Å². The van der Waals surface area contributed by atoms with Gasteiger partial charge in [-0.25, -0.2) is 13.4 Å². The molecule has 4 N–H and O–H groups in total. The molecule has 2 aromatic rings. The lowest BCUT2D eigenvalue weighted by molar-refractivity contribution is 0.596. The van der Waals surface area contributed by atoms with E-state index < -0.39 is 9.84 Å². The minimum atomic E-state index is -3.90. The highest BCUT2D eigenvalue weighted by Crippen LogP contribution is 2.32. The molecule has 0 bridgehead atoms. The standard InChI is InChI=1S/C11H9Cl2N3O2S/c12-6-1-2-7(13)9(5-6)19(17,18)8-3-4-10(14)16-11(8)15/h1-5H,(H4,14,15,16). The second-order valence-electron chi connectivity index (χ2n) is 3.70. The Bertz CT molecular complexity index is 748. The molecule has 0 saturated heterocycles. The second-order valence-corrected chi connectivity index (χ2v) is 6.43. The van der Waals surface area contributed by atoms with E-state index in [2.05, 4.69) is 4.98 Å². The highest BCUT2D eigenvalue weighted by atomic mass is 35.5. The Labute approximate surface area is 120 Å². The third kappa shape index (κ3) is 2.60. The van der Waals surface area contributed by atoms with Crippen molar-refractivity contribution < 1.29 is 8.42 Å². The molecule has 0 fully saturated rings. The number of benzene rings is 1. The Morgan fingerprint density at radius 3 is 2.32 bits per heavy atom. The van der Waals surface area contributed by atoms with Crippen LogP contribution in [0.4, 0.5) is 11.6 Å². The number of nitrogens with two attached hydrogens (primary N) is 2. The van der Waals surface area contributed by atoms with Crippen molar-refractivity contribution in [3.63, 3.8) is 0 Å². The number of sulfone groups is 1. The maximum Gasteiger partial charge on any atom is 0.211 e. The molecule has 19 heavy (non-hydrogen) atoms. The summed E-state index contributed by atoms with van der Waals surface area (Å²) in [5, 5.41) is 0.311. The van der Waals surface area contributed by atoms with Crippen molar-refractivity contribution in [1.29, 1.82) is 0 Å². The van der Waals surface area contributed by atoms with E-state index >= 15 is 0 Å². The molecule has 0 amide bonds. The average molecular weight is 318 g/mol. The lowest BCUT2D eigenvalue weighted by Gasteiger charge is -2.09. The Morgan fingerprint density at radius 1 is 1.00 bits per heavy atom. The molecule has 0 spiro atoms. The van der Waals surface area contributed by atoms with Crippen molar-refractivity contribution in [2.24, 2.45) is 0 Å². The number of nitrogen functional groups attached to an aromatic ring is 2. The van der Waals surface area contributed by atoms with Gasteiger partial charge in [0.25, 0.3) is 0 Å². The minimum Gasteiger partial charge on any atom is -0.384 e. The first-order chi connectivity index (χ1) is 8.82. The highest BCUT2D eigenvalue weighted by molar-refractivity contribution is 7.91. The van der Waals surface area contributed by atoms with Crippen molar-refractivity contribution >= 4 is 44.7 Å². The Balaban J connectivity index is 2.69. The third-order valence-corrected chi connectivity index (χ3v) is 4.90. The van der Waals surface area contributed by atoms with Gasteiger partial charge in [0, 0.05) is 5.02 Å². The number of anilines is 2. The van der Waals surface area contributed by atoms with Crippen LogP contribution in [-0.2, 0) is 9.84 Å². The molecular formula is C11H9Cl2N3O2S. The lowest BCUT2D eigenvalue weighted by atomic mass is 10.4. The first-order valence-corrected chi connectivity index (χ1v) is 7.28. The van der Waals surface area contributed by atoms with Crippen LogP contribution in [0, 0.1) is 0 Å². The maximum absolute atomic E-state index is 12.4. The maximum atomic E-state index is 12.4. The van der Waals surface area contributed by atoms with Crippen molar-refractivity contribution in [1.82, 2.24) is 4.98 Å². The molecule has 0 atom stereocenters. The number of nitrogens with zero attached hydrogens (tertiary/aromatic N) is 1. The summed E-state index contributed by atoms with van der Waals surface area (Å²) in [6.07, 6.45) is 0. The van der Waals surface area contributed by atoms with Crippen LogP contribution in [0.2, 0.25) is 10.0 Å².